The lowest BCUT2D eigenvalue weighted by Crippen LogP contribution is -2.37. The summed E-state index contributed by atoms with van der Waals surface area (Å²) in [6, 6.07) is 0. The summed E-state index contributed by atoms with van der Waals surface area (Å²) in [4.78, 5) is 12.6. The molecule has 0 unspecified atom stereocenters. The predicted octanol–water partition coefficient (Wildman–Crippen LogP) is 0.209. The fourth-order valence-electron chi connectivity index (χ4n) is 1.38. The lowest BCUT2D eigenvalue weighted by Gasteiger charge is -2.26. The third-order valence-electron chi connectivity index (χ3n) is 2.09. The van der Waals surface area contributed by atoms with E-state index in [1.807, 2.05) is 4.90 Å². The normalized spacial score (nSPS) is 17.0. The average molecular weight is 198 g/mol. The van der Waals surface area contributed by atoms with Crippen LogP contribution < -0.4 is 4.90 Å². The molecule has 1 aromatic rings. The number of carboxylic acid groups (broad SMARTS) is 1. The van der Waals surface area contributed by atoms with Gasteiger partial charge in [-0.15, -0.1) is 0 Å². The van der Waals surface area contributed by atoms with Gasteiger partial charge >= 0.3 is 5.97 Å². The molecule has 0 aliphatic carbocycles. The third-order valence-corrected chi connectivity index (χ3v) is 2.09. The van der Waals surface area contributed by atoms with Gasteiger partial charge in [0.1, 0.15) is 11.8 Å². The van der Waals surface area contributed by atoms with Crippen molar-refractivity contribution >= 4 is 11.8 Å². The van der Waals surface area contributed by atoms with E-state index < -0.39 is 5.97 Å². The van der Waals surface area contributed by atoms with Crippen LogP contribution in [0.1, 0.15) is 10.4 Å². The first kappa shape index (κ1) is 9.01. The van der Waals surface area contributed by atoms with Gasteiger partial charge in [-0.2, -0.15) is 0 Å². The van der Waals surface area contributed by atoms with Gasteiger partial charge in [-0.3, -0.25) is 0 Å². The Balaban J connectivity index is 2.21. The van der Waals surface area contributed by atoms with E-state index in [2.05, 4.69) is 9.68 Å². The molecule has 0 atom stereocenters. The molecule has 1 saturated heterocycles. The van der Waals surface area contributed by atoms with Gasteiger partial charge < -0.3 is 19.3 Å². The van der Waals surface area contributed by atoms with E-state index in [4.69, 9.17) is 9.84 Å². The van der Waals surface area contributed by atoms with Gasteiger partial charge in [0.05, 0.1) is 13.2 Å². The number of hydrogen-bond acceptors (Lipinski definition) is 5. The highest BCUT2D eigenvalue weighted by Crippen LogP contribution is 2.19. The Kier molecular flexibility index (Phi) is 2.36. The molecule has 0 spiro atoms. The average Bonchev–Trinajstić information content (AvgIpc) is 2.67. The van der Waals surface area contributed by atoms with Crippen molar-refractivity contribution in [3.05, 3.63) is 11.8 Å². The highest BCUT2D eigenvalue weighted by molar-refractivity contribution is 5.92. The summed E-state index contributed by atoms with van der Waals surface area (Å²) in [6.07, 6.45) is 1.15. The summed E-state index contributed by atoms with van der Waals surface area (Å²) >= 11 is 0. The molecule has 76 valence electrons. The van der Waals surface area contributed by atoms with Crippen molar-refractivity contribution < 1.29 is 19.2 Å². The Bertz CT molecular complexity index is 330. The number of carboxylic acids is 1. The maximum absolute atomic E-state index is 10.8. The van der Waals surface area contributed by atoms with Crippen LogP contribution in [0.5, 0.6) is 0 Å². The Morgan fingerprint density at radius 3 is 2.86 bits per heavy atom. The molecule has 1 N–H and O–H groups in total. The molecule has 1 aliphatic heterocycles. The molecule has 0 aromatic carbocycles. The molecule has 2 heterocycles. The van der Waals surface area contributed by atoms with Gasteiger partial charge in [-0.05, 0) is 0 Å². The molecular formula is C8H10N2O4. The number of aromatic nitrogens is 1. The maximum Gasteiger partial charge on any atom is 0.342 e. The molecule has 1 aromatic heterocycles. The van der Waals surface area contributed by atoms with Crippen molar-refractivity contribution in [3.63, 3.8) is 0 Å². The number of carbonyl (C=O) groups is 1. The summed E-state index contributed by atoms with van der Waals surface area (Å²) in [5.41, 5.74) is 0.104. The molecule has 2 rings (SSSR count). The van der Waals surface area contributed by atoms with Crippen LogP contribution >= 0.6 is 0 Å². The Labute approximate surface area is 80.0 Å². The zero-order chi connectivity index (χ0) is 9.97. The van der Waals surface area contributed by atoms with Gasteiger partial charge in [0, 0.05) is 13.1 Å². The maximum atomic E-state index is 10.8. The summed E-state index contributed by atoms with van der Waals surface area (Å²) < 4.78 is 9.80. The van der Waals surface area contributed by atoms with Crippen LogP contribution in [0.2, 0.25) is 0 Å². The van der Waals surface area contributed by atoms with E-state index in [-0.39, 0.29) is 5.56 Å². The number of anilines is 1. The van der Waals surface area contributed by atoms with Crippen LogP contribution in [0.4, 0.5) is 5.82 Å². The fraction of sp³-hybridized carbons (Fsp3) is 0.500. The van der Waals surface area contributed by atoms with Crippen molar-refractivity contribution in [2.75, 3.05) is 31.2 Å². The Hall–Kier alpha value is -1.56. The van der Waals surface area contributed by atoms with Gasteiger partial charge in [0.15, 0.2) is 5.82 Å². The first-order valence-corrected chi connectivity index (χ1v) is 4.29. The number of nitrogens with zero attached hydrogens (tertiary/aromatic N) is 2. The monoisotopic (exact) mass is 198 g/mol. The third kappa shape index (κ3) is 1.56. The lowest BCUT2D eigenvalue weighted by molar-refractivity contribution is 0.0695. The van der Waals surface area contributed by atoms with E-state index in [1.54, 1.807) is 0 Å². The zero-order valence-corrected chi connectivity index (χ0v) is 7.47. The number of aromatic carboxylic acids is 1. The zero-order valence-electron chi connectivity index (χ0n) is 7.47. The molecule has 1 fully saturated rings. The van der Waals surface area contributed by atoms with Crippen molar-refractivity contribution in [1.82, 2.24) is 5.16 Å². The largest absolute Gasteiger partial charge is 0.477 e. The first-order chi connectivity index (χ1) is 6.79. The highest BCUT2D eigenvalue weighted by Gasteiger charge is 2.22. The predicted molar refractivity (Wildman–Crippen MR) is 46.5 cm³/mol. The molecule has 0 amide bonds. The van der Waals surface area contributed by atoms with Crippen LogP contribution in [0.15, 0.2) is 10.8 Å². The van der Waals surface area contributed by atoms with Crippen LogP contribution in [-0.4, -0.2) is 42.5 Å². The molecule has 6 nitrogen and oxygen atoms in total. The second kappa shape index (κ2) is 3.67. The van der Waals surface area contributed by atoms with Gasteiger partial charge in [0.25, 0.3) is 0 Å². The van der Waals surface area contributed by atoms with Crippen LogP contribution in [0, 0.1) is 0 Å². The standard InChI is InChI=1S/C8H10N2O4/c11-8(12)6-5-14-9-7(6)10-1-3-13-4-2-10/h5H,1-4H2,(H,11,12). The molecule has 14 heavy (non-hydrogen) atoms. The number of ether oxygens (including phenoxy) is 1. The SMILES string of the molecule is O=C(O)c1conc1N1CCOCC1. The number of morpholine rings is 1. The van der Waals surface area contributed by atoms with Crippen molar-refractivity contribution in [3.8, 4) is 0 Å². The van der Waals surface area contributed by atoms with Gasteiger partial charge in [-0.25, -0.2) is 4.79 Å². The Morgan fingerprint density at radius 1 is 1.50 bits per heavy atom. The summed E-state index contributed by atoms with van der Waals surface area (Å²) in [7, 11) is 0. The van der Waals surface area contributed by atoms with E-state index in [0.717, 1.165) is 6.26 Å². The Morgan fingerprint density at radius 2 is 2.21 bits per heavy atom. The van der Waals surface area contributed by atoms with Crippen molar-refractivity contribution in [2.45, 2.75) is 0 Å². The van der Waals surface area contributed by atoms with Crippen LogP contribution in [-0.2, 0) is 4.74 Å². The fourth-order valence-corrected chi connectivity index (χ4v) is 1.38. The molecular weight excluding hydrogens is 188 g/mol. The highest BCUT2D eigenvalue weighted by atomic mass is 16.5. The second-order valence-corrected chi connectivity index (χ2v) is 2.96. The molecule has 0 saturated carbocycles. The molecule has 0 radical (unpaired) electrons. The van der Waals surface area contributed by atoms with Crippen molar-refractivity contribution in [1.29, 1.82) is 0 Å². The van der Waals surface area contributed by atoms with E-state index in [9.17, 15) is 4.79 Å². The quantitative estimate of drug-likeness (QED) is 0.732. The number of hydrogen-bond donors (Lipinski definition) is 1. The number of rotatable bonds is 2. The molecule has 1 aliphatic rings. The lowest BCUT2D eigenvalue weighted by atomic mass is 10.3. The summed E-state index contributed by atoms with van der Waals surface area (Å²) in [5.74, 6) is -0.631. The minimum atomic E-state index is -1.02. The summed E-state index contributed by atoms with van der Waals surface area (Å²) in [5, 5.41) is 12.5. The van der Waals surface area contributed by atoms with Crippen LogP contribution in [0.3, 0.4) is 0 Å². The second-order valence-electron chi connectivity index (χ2n) is 2.96. The van der Waals surface area contributed by atoms with Gasteiger partial charge in [0.2, 0.25) is 0 Å². The minimum Gasteiger partial charge on any atom is -0.477 e. The van der Waals surface area contributed by atoms with E-state index in [0.29, 0.717) is 32.1 Å². The first-order valence-electron chi connectivity index (χ1n) is 4.29. The molecule has 6 heteroatoms. The van der Waals surface area contributed by atoms with Gasteiger partial charge in [-0.1, -0.05) is 5.16 Å². The van der Waals surface area contributed by atoms with Crippen LogP contribution in [0.25, 0.3) is 0 Å². The van der Waals surface area contributed by atoms with E-state index >= 15 is 0 Å². The summed E-state index contributed by atoms with van der Waals surface area (Å²) in [6.45, 7) is 2.47. The smallest absolute Gasteiger partial charge is 0.342 e. The van der Waals surface area contributed by atoms with Crippen molar-refractivity contribution in [2.24, 2.45) is 0 Å². The molecule has 0 bridgehead atoms. The topological polar surface area (TPSA) is 75.8 Å². The minimum absolute atomic E-state index is 0.104. The van der Waals surface area contributed by atoms with E-state index in [1.165, 1.54) is 0 Å².